The molecule has 0 spiro atoms. The number of benzene rings is 1. The molecule has 94 valence electrons. The Morgan fingerprint density at radius 3 is 2.35 bits per heavy atom. The molecule has 0 unspecified atom stereocenters. The Bertz CT molecular complexity index is 368. The van der Waals surface area contributed by atoms with E-state index >= 15 is 0 Å². The summed E-state index contributed by atoms with van der Waals surface area (Å²) in [6.07, 6.45) is 0.514. The highest BCUT2D eigenvalue weighted by Gasteiger charge is 2.19. The van der Waals surface area contributed by atoms with E-state index < -0.39 is 0 Å². The molecule has 1 aromatic rings. The van der Waals surface area contributed by atoms with Crippen LogP contribution in [0.5, 0.6) is 5.75 Å². The third-order valence-corrected chi connectivity index (χ3v) is 2.34. The molecule has 17 heavy (non-hydrogen) atoms. The van der Waals surface area contributed by atoms with Gasteiger partial charge in [-0.25, -0.2) is 0 Å². The Kier molecular flexibility index (Phi) is 4.55. The number of nitrogens with one attached hydrogen (secondary N) is 1. The fourth-order valence-corrected chi connectivity index (χ4v) is 1.86. The summed E-state index contributed by atoms with van der Waals surface area (Å²) < 4.78 is 5.37. The Balaban J connectivity index is 2.65. The standard InChI is InChI=1S/C14H21NO2/c1-5-17-13-8-6-12(7-9-13)15-14(3,4)10-11(2)16/h6-9,15H,5,10H2,1-4H3. The molecule has 1 N–H and O–H groups in total. The molecule has 0 saturated carbocycles. The molecule has 0 amide bonds. The summed E-state index contributed by atoms with van der Waals surface area (Å²) >= 11 is 0. The number of ether oxygens (including phenoxy) is 1. The molecule has 0 aromatic heterocycles. The van der Waals surface area contributed by atoms with Crippen LogP contribution in [-0.4, -0.2) is 17.9 Å². The zero-order valence-electron chi connectivity index (χ0n) is 11.0. The Morgan fingerprint density at radius 1 is 1.29 bits per heavy atom. The van der Waals surface area contributed by atoms with Crippen molar-refractivity contribution in [3.8, 4) is 5.75 Å². The van der Waals surface area contributed by atoms with Crippen LogP contribution in [0.1, 0.15) is 34.1 Å². The Morgan fingerprint density at radius 2 is 1.88 bits per heavy atom. The first kappa shape index (κ1) is 13.6. The van der Waals surface area contributed by atoms with E-state index in [1.807, 2.05) is 45.0 Å². The zero-order valence-corrected chi connectivity index (χ0v) is 11.0. The van der Waals surface area contributed by atoms with Crippen LogP contribution in [0.25, 0.3) is 0 Å². The minimum Gasteiger partial charge on any atom is -0.494 e. The number of ketones is 1. The van der Waals surface area contributed by atoms with Gasteiger partial charge in [0.1, 0.15) is 11.5 Å². The fraction of sp³-hybridized carbons (Fsp3) is 0.500. The van der Waals surface area contributed by atoms with Crippen LogP contribution in [0.3, 0.4) is 0 Å². The van der Waals surface area contributed by atoms with E-state index in [4.69, 9.17) is 4.74 Å². The van der Waals surface area contributed by atoms with Crippen LogP contribution < -0.4 is 10.1 Å². The smallest absolute Gasteiger partial charge is 0.132 e. The highest BCUT2D eigenvalue weighted by molar-refractivity contribution is 5.77. The summed E-state index contributed by atoms with van der Waals surface area (Å²) in [5.41, 5.74) is 0.776. The van der Waals surface area contributed by atoms with Crippen LogP contribution >= 0.6 is 0 Å². The predicted octanol–water partition coefficient (Wildman–Crippen LogP) is 3.25. The first-order valence-corrected chi connectivity index (χ1v) is 5.93. The van der Waals surface area contributed by atoms with Gasteiger partial charge in [-0.3, -0.25) is 4.79 Å². The van der Waals surface area contributed by atoms with Crippen molar-refractivity contribution in [2.45, 2.75) is 39.7 Å². The molecule has 0 atom stereocenters. The molecular formula is C14H21NO2. The number of rotatable bonds is 6. The van der Waals surface area contributed by atoms with E-state index in [0.29, 0.717) is 13.0 Å². The fourth-order valence-electron chi connectivity index (χ4n) is 1.86. The summed E-state index contributed by atoms with van der Waals surface area (Å²) in [4.78, 5) is 11.1. The van der Waals surface area contributed by atoms with Crippen LogP contribution in [-0.2, 0) is 4.79 Å². The molecule has 0 fully saturated rings. The molecular weight excluding hydrogens is 214 g/mol. The third kappa shape index (κ3) is 4.89. The summed E-state index contributed by atoms with van der Waals surface area (Å²) in [7, 11) is 0. The zero-order chi connectivity index (χ0) is 12.9. The summed E-state index contributed by atoms with van der Waals surface area (Å²) in [5, 5.41) is 3.34. The lowest BCUT2D eigenvalue weighted by Crippen LogP contribution is -2.32. The van der Waals surface area contributed by atoms with Gasteiger partial charge >= 0.3 is 0 Å². The first-order chi connectivity index (χ1) is 7.93. The monoisotopic (exact) mass is 235 g/mol. The maximum atomic E-state index is 11.1. The second-order valence-electron chi connectivity index (χ2n) is 4.85. The number of carbonyl (C=O) groups excluding carboxylic acids is 1. The van der Waals surface area contributed by atoms with Crippen molar-refractivity contribution in [2.24, 2.45) is 0 Å². The van der Waals surface area contributed by atoms with Crippen LogP contribution in [0.4, 0.5) is 5.69 Å². The van der Waals surface area contributed by atoms with Crippen molar-refractivity contribution in [1.29, 1.82) is 0 Å². The molecule has 0 bridgehead atoms. The summed E-state index contributed by atoms with van der Waals surface area (Å²) in [6, 6.07) is 7.78. The first-order valence-electron chi connectivity index (χ1n) is 5.93. The molecule has 1 rings (SSSR count). The molecule has 0 heterocycles. The highest BCUT2D eigenvalue weighted by atomic mass is 16.5. The van der Waals surface area contributed by atoms with Crippen molar-refractivity contribution in [3.63, 3.8) is 0 Å². The van der Waals surface area contributed by atoms with Crippen molar-refractivity contribution < 1.29 is 9.53 Å². The number of carbonyl (C=O) groups is 1. The average Bonchev–Trinajstić information content (AvgIpc) is 2.18. The van der Waals surface area contributed by atoms with Gasteiger partial charge in [-0.05, 0) is 52.0 Å². The van der Waals surface area contributed by atoms with E-state index in [9.17, 15) is 4.79 Å². The lowest BCUT2D eigenvalue weighted by molar-refractivity contribution is -0.117. The van der Waals surface area contributed by atoms with Gasteiger partial charge in [0.05, 0.1) is 6.61 Å². The Hall–Kier alpha value is -1.51. The predicted molar refractivity (Wildman–Crippen MR) is 70.6 cm³/mol. The van der Waals surface area contributed by atoms with Gasteiger partial charge in [-0.15, -0.1) is 0 Å². The lowest BCUT2D eigenvalue weighted by Gasteiger charge is -2.26. The van der Waals surface area contributed by atoms with Gasteiger partial charge < -0.3 is 10.1 Å². The molecule has 3 heteroatoms. The van der Waals surface area contributed by atoms with Gasteiger partial charge in [0.15, 0.2) is 0 Å². The second-order valence-corrected chi connectivity index (χ2v) is 4.85. The van der Waals surface area contributed by atoms with Crippen molar-refractivity contribution >= 4 is 11.5 Å². The van der Waals surface area contributed by atoms with Crippen LogP contribution in [0, 0.1) is 0 Å². The summed E-state index contributed by atoms with van der Waals surface area (Å²) in [5.74, 6) is 1.05. The number of hydrogen-bond donors (Lipinski definition) is 1. The van der Waals surface area contributed by atoms with Crippen molar-refractivity contribution in [3.05, 3.63) is 24.3 Å². The van der Waals surface area contributed by atoms with E-state index in [2.05, 4.69) is 5.32 Å². The number of anilines is 1. The molecule has 0 radical (unpaired) electrons. The maximum absolute atomic E-state index is 11.1. The van der Waals surface area contributed by atoms with Crippen LogP contribution in [0.2, 0.25) is 0 Å². The molecule has 1 aromatic carbocycles. The average molecular weight is 235 g/mol. The quantitative estimate of drug-likeness (QED) is 0.822. The van der Waals surface area contributed by atoms with Gasteiger partial charge in [-0.1, -0.05) is 0 Å². The molecule has 0 aliphatic heterocycles. The third-order valence-electron chi connectivity index (χ3n) is 2.34. The maximum Gasteiger partial charge on any atom is 0.132 e. The minimum atomic E-state index is -0.223. The van der Waals surface area contributed by atoms with E-state index in [-0.39, 0.29) is 11.3 Å². The number of Topliss-reactive ketones (excluding diaryl/α,β-unsaturated/α-hetero) is 1. The SMILES string of the molecule is CCOc1ccc(NC(C)(C)CC(C)=O)cc1. The largest absolute Gasteiger partial charge is 0.494 e. The Labute approximate surface area is 103 Å². The number of hydrogen-bond acceptors (Lipinski definition) is 3. The minimum absolute atomic E-state index is 0.188. The molecule has 0 saturated heterocycles. The van der Waals surface area contributed by atoms with Crippen LogP contribution in [0.15, 0.2) is 24.3 Å². The van der Waals surface area contributed by atoms with E-state index in [1.165, 1.54) is 0 Å². The molecule has 0 aliphatic carbocycles. The highest BCUT2D eigenvalue weighted by Crippen LogP contribution is 2.21. The molecule has 0 aliphatic rings. The molecule has 3 nitrogen and oxygen atoms in total. The van der Waals surface area contributed by atoms with Gasteiger partial charge in [0, 0.05) is 17.6 Å². The summed E-state index contributed by atoms with van der Waals surface area (Å²) in [6.45, 7) is 8.28. The van der Waals surface area contributed by atoms with E-state index in [1.54, 1.807) is 6.92 Å². The van der Waals surface area contributed by atoms with Gasteiger partial charge in [0.25, 0.3) is 0 Å². The lowest BCUT2D eigenvalue weighted by atomic mass is 9.98. The van der Waals surface area contributed by atoms with Gasteiger partial charge in [-0.2, -0.15) is 0 Å². The second kappa shape index (κ2) is 5.71. The van der Waals surface area contributed by atoms with Gasteiger partial charge in [0.2, 0.25) is 0 Å². The topological polar surface area (TPSA) is 38.3 Å². The normalized spacial score (nSPS) is 11.1. The van der Waals surface area contributed by atoms with Crippen molar-refractivity contribution in [1.82, 2.24) is 0 Å². The van der Waals surface area contributed by atoms with E-state index in [0.717, 1.165) is 11.4 Å². The van der Waals surface area contributed by atoms with Crippen molar-refractivity contribution in [2.75, 3.05) is 11.9 Å².